The summed E-state index contributed by atoms with van der Waals surface area (Å²) in [5.41, 5.74) is 3.28. The van der Waals surface area contributed by atoms with Crippen molar-refractivity contribution in [2.75, 3.05) is 34.0 Å². The summed E-state index contributed by atoms with van der Waals surface area (Å²) in [6.45, 7) is 5.05. The van der Waals surface area contributed by atoms with E-state index in [4.69, 9.17) is 14.2 Å². The number of nitrogens with one attached hydrogen (secondary N) is 2. The number of aryl methyl sites for hydroxylation is 1. The van der Waals surface area contributed by atoms with Crippen molar-refractivity contribution < 1.29 is 14.2 Å². The first-order valence-electron chi connectivity index (χ1n) is 10.4. The van der Waals surface area contributed by atoms with Crippen LogP contribution in [-0.4, -0.2) is 44.9 Å². The summed E-state index contributed by atoms with van der Waals surface area (Å²) in [6.07, 6.45) is 4.28. The molecule has 1 aromatic heterocycles. The first-order valence-corrected chi connectivity index (χ1v) is 10.4. The van der Waals surface area contributed by atoms with Gasteiger partial charge < -0.3 is 24.8 Å². The van der Waals surface area contributed by atoms with Gasteiger partial charge in [-0.05, 0) is 43.4 Å². The van der Waals surface area contributed by atoms with Crippen LogP contribution in [0.25, 0.3) is 0 Å². The maximum atomic E-state index is 6.06. The van der Waals surface area contributed by atoms with Crippen molar-refractivity contribution in [2.45, 2.75) is 32.9 Å². The number of guanidine groups is 1. The van der Waals surface area contributed by atoms with Gasteiger partial charge >= 0.3 is 0 Å². The van der Waals surface area contributed by atoms with Crippen LogP contribution in [0.2, 0.25) is 0 Å². The van der Waals surface area contributed by atoms with E-state index >= 15 is 0 Å². The molecule has 0 amide bonds. The summed E-state index contributed by atoms with van der Waals surface area (Å²) in [7, 11) is 3.41. The SMILES string of the molecule is CN=C(NCc1ccc(C)cc1OCC1CC1)NCc1cccnc1OCCOC.I. The molecule has 1 fully saturated rings. The topological polar surface area (TPSA) is 77.0 Å². The minimum absolute atomic E-state index is 0. The van der Waals surface area contributed by atoms with E-state index in [-0.39, 0.29) is 24.0 Å². The Balaban J connectivity index is 0.00000341. The summed E-state index contributed by atoms with van der Waals surface area (Å²) in [6, 6.07) is 10.2. The van der Waals surface area contributed by atoms with Crippen LogP contribution in [0.3, 0.4) is 0 Å². The molecule has 1 aliphatic carbocycles. The average molecular weight is 540 g/mol. The molecule has 0 bridgehead atoms. The zero-order valence-electron chi connectivity index (χ0n) is 18.5. The smallest absolute Gasteiger partial charge is 0.218 e. The van der Waals surface area contributed by atoms with Crippen molar-refractivity contribution in [2.24, 2.45) is 10.9 Å². The molecule has 0 radical (unpaired) electrons. The minimum Gasteiger partial charge on any atom is -0.493 e. The molecule has 1 saturated carbocycles. The fourth-order valence-corrected chi connectivity index (χ4v) is 2.92. The Bertz CT molecular complexity index is 843. The second-order valence-electron chi connectivity index (χ2n) is 7.45. The first-order chi connectivity index (χ1) is 14.7. The minimum atomic E-state index is 0. The number of aromatic nitrogens is 1. The summed E-state index contributed by atoms with van der Waals surface area (Å²) < 4.78 is 16.8. The number of hydrogen-bond donors (Lipinski definition) is 2. The quantitative estimate of drug-likeness (QED) is 0.196. The second kappa shape index (κ2) is 13.4. The monoisotopic (exact) mass is 540 g/mol. The summed E-state index contributed by atoms with van der Waals surface area (Å²) in [4.78, 5) is 8.64. The summed E-state index contributed by atoms with van der Waals surface area (Å²) in [5.74, 6) is 2.98. The van der Waals surface area contributed by atoms with Crippen LogP contribution in [0.1, 0.15) is 29.5 Å². The lowest BCUT2D eigenvalue weighted by Gasteiger charge is -2.16. The Morgan fingerprint density at radius 2 is 1.87 bits per heavy atom. The van der Waals surface area contributed by atoms with Crippen LogP contribution in [0.15, 0.2) is 41.5 Å². The molecule has 7 nitrogen and oxygen atoms in total. The Kier molecular flexibility index (Phi) is 10.9. The van der Waals surface area contributed by atoms with Gasteiger partial charge in [0.1, 0.15) is 12.4 Å². The molecule has 0 aliphatic heterocycles. The number of rotatable bonds is 11. The summed E-state index contributed by atoms with van der Waals surface area (Å²) >= 11 is 0. The van der Waals surface area contributed by atoms with Crippen LogP contribution in [0.4, 0.5) is 0 Å². The normalized spacial score (nSPS) is 13.3. The molecule has 31 heavy (non-hydrogen) atoms. The third-order valence-corrected chi connectivity index (χ3v) is 4.89. The van der Waals surface area contributed by atoms with Crippen LogP contribution >= 0.6 is 24.0 Å². The largest absolute Gasteiger partial charge is 0.493 e. The van der Waals surface area contributed by atoms with E-state index in [1.54, 1.807) is 20.4 Å². The number of hydrogen-bond acceptors (Lipinski definition) is 5. The molecule has 1 aliphatic rings. The number of methoxy groups -OCH3 is 1. The predicted molar refractivity (Wildman–Crippen MR) is 133 cm³/mol. The number of benzene rings is 1. The molecule has 170 valence electrons. The molecule has 3 rings (SSSR count). The number of nitrogens with zero attached hydrogens (tertiary/aromatic N) is 2. The molecule has 1 aromatic carbocycles. The maximum absolute atomic E-state index is 6.06. The highest BCUT2D eigenvalue weighted by Crippen LogP contribution is 2.30. The van der Waals surface area contributed by atoms with Crippen LogP contribution in [0.5, 0.6) is 11.6 Å². The highest BCUT2D eigenvalue weighted by molar-refractivity contribution is 14.0. The van der Waals surface area contributed by atoms with Gasteiger partial charge in [-0.15, -0.1) is 24.0 Å². The Morgan fingerprint density at radius 3 is 2.58 bits per heavy atom. The number of halogens is 1. The Morgan fingerprint density at radius 1 is 1.10 bits per heavy atom. The molecule has 2 N–H and O–H groups in total. The van der Waals surface area contributed by atoms with Gasteiger partial charge in [0.05, 0.1) is 13.2 Å². The molecule has 2 aromatic rings. The highest BCUT2D eigenvalue weighted by Gasteiger charge is 2.22. The van der Waals surface area contributed by atoms with E-state index in [9.17, 15) is 0 Å². The van der Waals surface area contributed by atoms with Crippen molar-refractivity contribution in [1.82, 2.24) is 15.6 Å². The van der Waals surface area contributed by atoms with Crippen molar-refractivity contribution in [3.8, 4) is 11.6 Å². The van der Waals surface area contributed by atoms with Gasteiger partial charge in [0.25, 0.3) is 0 Å². The van der Waals surface area contributed by atoms with Crippen LogP contribution < -0.4 is 20.1 Å². The van der Waals surface area contributed by atoms with Crippen molar-refractivity contribution in [1.29, 1.82) is 0 Å². The van der Waals surface area contributed by atoms with Crippen molar-refractivity contribution >= 4 is 29.9 Å². The fourth-order valence-electron chi connectivity index (χ4n) is 2.92. The zero-order chi connectivity index (χ0) is 21.2. The molecular weight excluding hydrogens is 507 g/mol. The van der Waals surface area contributed by atoms with Crippen molar-refractivity contribution in [3.05, 3.63) is 53.2 Å². The number of ether oxygens (including phenoxy) is 3. The van der Waals surface area contributed by atoms with E-state index in [1.807, 2.05) is 12.1 Å². The lowest BCUT2D eigenvalue weighted by atomic mass is 10.1. The predicted octanol–water partition coefficient (Wildman–Crippen LogP) is 3.69. The van der Waals surface area contributed by atoms with Crippen LogP contribution in [-0.2, 0) is 17.8 Å². The first kappa shape index (κ1) is 25.2. The standard InChI is InChI=1S/C23H32N4O3.HI/c1-17-6-9-19(21(13-17)30-16-18-7-8-18)14-26-23(24-2)27-15-20-5-4-10-25-22(20)29-12-11-28-3;/h4-6,9-10,13,18H,7-8,11-12,14-16H2,1-3H3,(H2,24,26,27);1H. The highest BCUT2D eigenvalue weighted by atomic mass is 127. The van der Waals surface area contributed by atoms with Crippen molar-refractivity contribution in [3.63, 3.8) is 0 Å². The zero-order valence-corrected chi connectivity index (χ0v) is 20.8. The third kappa shape index (κ3) is 8.53. The molecule has 0 saturated heterocycles. The van der Waals surface area contributed by atoms with E-state index < -0.39 is 0 Å². The lowest BCUT2D eigenvalue weighted by Crippen LogP contribution is -2.36. The fraction of sp³-hybridized carbons (Fsp3) is 0.478. The van der Waals surface area contributed by atoms with E-state index in [1.165, 1.54) is 18.4 Å². The van der Waals surface area contributed by atoms with Gasteiger partial charge in [-0.1, -0.05) is 18.2 Å². The van der Waals surface area contributed by atoms with E-state index in [2.05, 4.69) is 45.7 Å². The average Bonchev–Trinajstić information content (AvgIpc) is 3.59. The molecule has 0 unspecified atom stereocenters. The molecule has 0 spiro atoms. The Labute approximate surface area is 202 Å². The van der Waals surface area contributed by atoms with Crippen LogP contribution in [0, 0.1) is 12.8 Å². The molecule has 1 heterocycles. The van der Waals surface area contributed by atoms with Gasteiger partial charge in [0, 0.05) is 44.6 Å². The van der Waals surface area contributed by atoms with Gasteiger partial charge in [-0.3, -0.25) is 4.99 Å². The second-order valence-corrected chi connectivity index (χ2v) is 7.45. The lowest BCUT2D eigenvalue weighted by molar-refractivity contribution is 0.143. The third-order valence-electron chi connectivity index (χ3n) is 4.89. The van der Waals surface area contributed by atoms with Gasteiger partial charge in [0.2, 0.25) is 5.88 Å². The number of pyridine rings is 1. The molecule has 0 atom stereocenters. The number of aliphatic imine (C=N–C) groups is 1. The van der Waals surface area contributed by atoms with Gasteiger partial charge in [-0.2, -0.15) is 0 Å². The molecular formula is C23H33IN4O3. The van der Waals surface area contributed by atoms with Gasteiger partial charge in [-0.25, -0.2) is 4.98 Å². The summed E-state index contributed by atoms with van der Waals surface area (Å²) in [5, 5.41) is 6.69. The molecule has 8 heteroatoms. The van der Waals surface area contributed by atoms with E-state index in [0.717, 1.165) is 29.4 Å². The van der Waals surface area contributed by atoms with Gasteiger partial charge in [0.15, 0.2) is 5.96 Å². The maximum Gasteiger partial charge on any atom is 0.218 e. The van der Waals surface area contributed by atoms with E-state index in [0.29, 0.717) is 38.1 Å². The Hall–Kier alpha value is -2.07.